The molecule has 0 bridgehead atoms. The summed E-state index contributed by atoms with van der Waals surface area (Å²) in [5.41, 5.74) is -4.05. The Hall–Kier alpha value is -1.02. The molecular weight excluding hydrogens is 232 g/mol. The van der Waals surface area contributed by atoms with Crippen LogP contribution in [0.4, 0.5) is 0 Å². The number of fused-ring (bicyclic) bond motifs is 1. The average Bonchev–Trinajstić information content (AvgIpc) is 2.59. The summed E-state index contributed by atoms with van der Waals surface area (Å²) in [6.45, 7) is 1.02. The van der Waals surface area contributed by atoms with E-state index in [1.54, 1.807) is 0 Å². The van der Waals surface area contributed by atoms with Gasteiger partial charge in [-0.05, 0) is 13.3 Å². The second kappa shape index (κ2) is 3.49. The minimum Gasteiger partial charge on any atom is -0.448 e. The fourth-order valence-corrected chi connectivity index (χ4v) is 2.35. The minimum absolute atomic E-state index is 0.135. The number of hydrogen-bond acceptors (Lipinski definition) is 7. The first-order chi connectivity index (χ1) is 7.82. The van der Waals surface area contributed by atoms with E-state index >= 15 is 0 Å². The first-order valence-corrected chi connectivity index (χ1v) is 5.26. The highest BCUT2D eigenvalue weighted by Crippen LogP contribution is 2.51. The molecule has 2 aliphatic rings. The predicted octanol–water partition coefficient (Wildman–Crippen LogP) is -1.91. The Morgan fingerprint density at radius 2 is 2.18 bits per heavy atom. The van der Waals surface area contributed by atoms with Gasteiger partial charge < -0.3 is 29.6 Å². The van der Waals surface area contributed by atoms with Crippen LogP contribution >= 0.6 is 0 Å². The lowest BCUT2D eigenvalue weighted by Gasteiger charge is -2.35. The van der Waals surface area contributed by atoms with E-state index in [0.717, 1.165) is 0 Å². The van der Waals surface area contributed by atoms with Crippen LogP contribution in [0.2, 0.25) is 0 Å². The molecule has 0 aromatic heterocycles. The second-order valence-electron chi connectivity index (χ2n) is 4.53. The largest absolute Gasteiger partial charge is 0.448 e. The van der Waals surface area contributed by atoms with Crippen LogP contribution in [0.15, 0.2) is 0 Å². The van der Waals surface area contributed by atoms with Gasteiger partial charge in [-0.1, -0.05) is 0 Å². The molecule has 0 amide bonds. The highest BCUT2D eigenvalue weighted by Gasteiger charge is 2.79. The number of carbonyl (C=O) groups excluding carboxylic acids is 2. The van der Waals surface area contributed by atoms with Gasteiger partial charge in [-0.15, -0.1) is 0 Å². The summed E-state index contributed by atoms with van der Waals surface area (Å²) in [6, 6.07) is 0. The number of aldehydes is 1. The van der Waals surface area contributed by atoms with Gasteiger partial charge in [0.15, 0.2) is 5.60 Å². The van der Waals surface area contributed by atoms with E-state index in [-0.39, 0.29) is 19.4 Å². The smallest absolute Gasteiger partial charge is 0.344 e. The molecule has 2 rings (SSSR count). The van der Waals surface area contributed by atoms with Gasteiger partial charge in [-0.3, -0.25) is 0 Å². The van der Waals surface area contributed by atoms with Gasteiger partial charge in [0.2, 0.25) is 11.4 Å². The SMILES string of the molecule is C[C@]12OC(=O)[C@](O)(CCC=O)[C@@]1(O)OC[C@@H]2O. The molecule has 0 aromatic rings. The quantitative estimate of drug-likeness (QED) is 0.393. The summed E-state index contributed by atoms with van der Waals surface area (Å²) in [5.74, 6) is -3.43. The third-order valence-corrected chi connectivity index (χ3v) is 3.59. The molecule has 0 unspecified atom stereocenters. The molecule has 2 fully saturated rings. The fourth-order valence-electron chi connectivity index (χ4n) is 2.35. The summed E-state index contributed by atoms with van der Waals surface area (Å²) in [4.78, 5) is 21.9. The minimum atomic E-state index is -2.33. The molecule has 2 aliphatic heterocycles. The van der Waals surface area contributed by atoms with Crippen LogP contribution in [0.5, 0.6) is 0 Å². The molecule has 0 saturated carbocycles. The van der Waals surface area contributed by atoms with Gasteiger partial charge in [0.05, 0.1) is 6.61 Å². The van der Waals surface area contributed by atoms with Crippen LogP contribution in [0, 0.1) is 0 Å². The number of aliphatic hydroxyl groups is 3. The standard InChI is InChI=1S/C10H14O7/c1-8-6(12)5-16-10(8,15)9(14,3-2-4-11)7(13)17-8/h4,6,12,14-15H,2-3,5H2,1H3/t6-,8+,9+,10-/m0/s1. The van der Waals surface area contributed by atoms with Crippen molar-refractivity contribution < 1.29 is 34.4 Å². The number of hydrogen-bond donors (Lipinski definition) is 3. The van der Waals surface area contributed by atoms with Crippen molar-refractivity contribution in [3.8, 4) is 0 Å². The Morgan fingerprint density at radius 1 is 1.53 bits per heavy atom. The summed E-state index contributed by atoms with van der Waals surface area (Å²) in [6.07, 6.45) is -1.19. The van der Waals surface area contributed by atoms with Crippen molar-refractivity contribution in [2.45, 2.75) is 42.9 Å². The van der Waals surface area contributed by atoms with Gasteiger partial charge in [0.25, 0.3) is 0 Å². The summed E-state index contributed by atoms with van der Waals surface area (Å²) in [7, 11) is 0. The molecular formula is C10H14O7. The van der Waals surface area contributed by atoms with Crippen molar-refractivity contribution >= 4 is 12.3 Å². The topological polar surface area (TPSA) is 113 Å². The molecule has 17 heavy (non-hydrogen) atoms. The lowest BCUT2D eigenvalue weighted by molar-refractivity contribution is -0.284. The first kappa shape index (κ1) is 12.4. The summed E-state index contributed by atoms with van der Waals surface area (Å²) >= 11 is 0. The average molecular weight is 246 g/mol. The maximum absolute atomic E-state index is 11.6. The summed E-state index contributed by atoms with van der Waals surface area (Å²) in [5, 5.41) is 30.1. The van der Waals surface area contributed by atoms with Crippen molar-refractivity contribution in [2.24, 2.45) is 0 Å². The third kappa shape index (κ3) is 1.25. The summed E-state index contributed by atoms with van der Waals surface area (Å²) < 4.78 is 9.83. The van der Waals surface area contributed by atoms with E-state index in [2.05, 4.69) is 0 Å². The third-order valence-electron chi connectivity index (χ3n) is 3.59. The first-order valence-electron chi connectivity index (χ1n) is 5.26. The lowest BCUT2D eigenvalue weighted by Crippen LogP contribution is -2.62. The zero-order valence-corrected chi connectivity index (χ0v) is 9.25. The fraction of sp³-hybridized carbons (Fsp3) is 0.800. The second-order valence-corrected chi connectivity index (χ2v) is 4.53. The van der Waals surface area contributed by atoms with Gasteiger partial charge in [0.1, 0.15) is 12.4 Å². The van der Waals surface area contributed by atoms with Crippen LogP contribution in [0.1, 0.15) is 19.8 Å². The molecule has 0 aliphatic carbocycles. The Bertz CT molecular complexity index is 370. The van der Waals surface area contributed by atoms with Crippen LogP contribution in [-0.2, 0) is 19.1 Å². The number of carbonyl (C=O) groups is 2. The van der Waals surface area contributed by atoms with E-state index in [4.69, 9.17) is 9.47 Å². The molecule has 2 heterocycles. The monoisotopic (exact) mass is 246 g/mol. The van der Waals surface area contributed by atoms with E-state index < -0.39 is 29.1 Å². The predicted molar refractivity (Wildman–Crippen MR) is 51.7 cm³/mol. The number of rotatable bonds is 3. The molecule has 0 aromatic carbocycles. The molecule has 96 valence electrons. The zero-order valence-electron chi connectivity index (χ0n) is 9.25. The van der Waals surface area contributed by atoms with Crippen molar-refractivity contribution in [1.29, 1.82) is 0 Å². The lowest BCUT2D eigenvalue weighted by atomic mass is 9.80. The van der Waals surface area contributed by atoms with E-state index in [1.807, 2.05) is 0 Å². The van der Waals surface area contributed by atoms with E-state index in [0.29, 0.717) is 6.29 Å². The highest BCUT2D eigenvalue weighted by atomic mass is 16.7. The Balaban J connectivity index is 2.41. The van der Waals surface area contributed by atoms with E-state index in [1.165, 1.54) is 6.92 Å². The molecule has 2 saturated heterocycles. The van der Waals surface area contributed by atoms with E-state index in [9.17, 15) is 24.9 Å². The van der Waals surface area contributed by atoms with Crippen LogP contribution in [-0.4, -0.2) is 57.3 Å². The highest BCUT2D eigenvalue weighted by molar-refractivity contribution is 5.85. The van der Waals surface area contributed by atoms with Gasteiger partial charge in [-0.25, -0.2) is 4.79 Å². The number of esters is 1. The van der Waals surface area contributed by atoms with Crippen LogP contribution < -0.4 is 0 Å². The van der Waals surface area contributed by atoms with Crippen molar-refractivity contribution in [1.82, 2.24) is 0 Å². The van der Waals surface area contributed by atoms with Gasteiger partial charge in [0, 0.05) is 6.42 Å². The molecule has 0 radical (unpaired) electrons. The molecule has 7 nitrogen and oxygen atoms in total. The Labute approximate surface area is 96.9 Å². The van der Waals surface area contributed by atoms with Crippen molar-refractivity contribution in [2.75, 3.05) is 6.61 Å². The van der Waals surface area contributed by atoms with Crippen molar-refractivity contribution in [3.63, 3.8) is 0 Å². The Kier molecular flexibility index (Phi) is 2.55. The van der Waals surface area contributed by atoms with Crippen molar-refractivity contribution in [3.05, 3.63) is 0 Å². The van der Waals surface area contributed by atoms with Crippen LogP contribution in [0.25, 0.3) is 0 Å². The normalized spacial score (nSPS) is 48.9. The zero-order chi connectivity index (χ0) is 12.9. The molecule has 3 N–H and O–H groups in total. The van der Waals surface area contributed by atoms with Gasteiger partial charge >= 0.3 is 5.97 Å². The molecule has 7 heteroatoms. The van der Waals surface area contributed by atoms with Gasteiger partial charge in [-0.2, -0.15) is 0 Å². The van der Waals surface area contributed by atoms with Crippen LogP contribution in [0.3, 0.4) is 0 Å². The number of aliphatic hydroxyl groups excluding tert-OH is 1. The Morgan fingerprint density at radius 3 is 2.76 bits per heavy atom. The maximum Gasteiger partial charge on any atom is 0.344 e. The number of ether oxygens (including phenoxy) is 2. The molecule has 4 atom stereocenters. The molecule has 0 spiro atoms. The maximum atomic E-state index is 11.6.